The van der Waals surface area contributed by atoms with Gasteiger partial charge < -0.3 is 0 Å². The SMILES string of the molecule is FC(F)(F)c1ccc(-c2cc(Br)c(-c3cc(Br)c(-c4cc(-c5ccc(C(F)(F)F)cc5)c(-c5ccc(C(F)(F)F)cc5)cc4Br)cc3Br)cc2-c2ccc(C(F)(F)F)cc2)cc1. The average molecular weight is 1120 g/mol. The van der Waals surface area contributed by atoms with E-state index >= 15 is 0 Å². The van der Waals surface area contributed by atoms with Gasteiger partial charge in [0, 0.05) is 17.9 Å². The van der Waals surface area contributed by atoms with Crippen molar-refractivity contribution < 1.29 is 52.7 Å². The molecule has 7 aromatic carbocycles. The summed E-state index contributed by atoms with van der Waals surface area (Å²) in [6.07, 6.45) is -18.4. The summed E-state index contributed by atoms with van der Waals surface area (Å²) < 4.78 is 164. The van der Waals surface area contributed by atoms with Gasteiger partial charge in [-0.25, -0.2) is 0 Å². The Morgan fingerprint density at radius 1 is 0.226 bits per heavy atom. The Bertz CT molecular complexity index is 2590. The molecule has 0 aliphatic rings. The predicted octanol–water partition coefficient (Wildman–Crippen LogP) is 18.8. The molecule has 0 atom stereocenters. The predicted molar refractivity (Wildman–Crippen MR) is 230 cm³/mol. The molecule has 7 rings (SSSR count). The van der Waals surface area contributed by atoms with Gasteiger partial charge in [0.15, 0.2) is 0 Å². The maximum Gasteiger partial charge on any atom is 0.416 e. The first-order valence-electron chi connectivity index (χ1n) is 17.8. The van der Waals surface area contributed by atoms with Crippen molar-refractivity contribution in [2.75, 3.05) is 0 Å². The monoisotopic (exact) mass is 1120 g/mol. The molecule has 0 radical (unpaired) electrons. The minimum Gasteiger partial charge on any atom is -0.166 e. The van der Waals surface area contributed by atoms with Gasteiger partial charge in [0.2, 0.25) is 0 Å². The van der Waals surface area contributed by atoms with Crippen LogP contribution in [-0.2, 0) is 24.7 Å². The van der Waals surface area contributed by atoms with Crippen LogP contribution in [0.15, 0.2) is 151 Å². The van der Waals surface area contributed by atoms with Crippen LogP contribution in [0.4, 0.5) is 52.7 Å². The highest BCUT2D eigenvalue weighted by Gasteiger charge is 2.33. The Morgan fingerprint density at radius 2 is 0.387 bits per heavy atom. The van der Waals surface area contributed by atoms with E-state index in [0.717, 1.165) is 48.5 Å². The Labute approximate surface area is 379 Å². The maximum atomic E-state index is 13.5. The molecule has 7 aromatic rings. The summed E-state index contributed by atoms with van der Waals surface area (Å²) in [7, 11) is 0. The highest BCUT2D eigenvalue weighted by molar-refractivity contribution is 9.11. The molecule has 0 saturated carbocycles. The normalized spacial score (nSPS) is 12.5. The molecule has 0 saturated heterocycles. The van der Waals surface area contributed by atoms with Crippen LogP contribution in [0.5, 0.6) is 0 Å². The molecule has 0 spiro atoms. The Hall–Kier alpha value is -4.38. The number of alkyl halides is 12. The molecule has 0 fully saturated rings. The van der Waals surface area contributed by atoms with Crippen molar-refractivity contribution in [2.45, 2.75) is 24.7 Å². The van der Waals surface area contributed by atoms with Gasteiger partial charge in [-0.1, -0.05) is 112 Å². The second-order valence-corrected chi connectivity index (χ2v) is 17.3. The lowest BCUT2D eigenvalue weighted by Gasteiger charge is -2.19. The fraction of sp³-hybridized carbons (Fsp3) is 0.0870. The van der Waals surface area contributed by atoms with Crippen molar-refractivity contribution in [3.63, 3.8) is 0 Å². The molecule has 0 heterocycles. The number of halogens is 16. The molecule has 62 heavy (non-hydrogen) atoms. The quantitative estimate of drug-likeness (QED) is 0.146. The van der Waals surface area contributed by atoms with Crippen LogP contribution in [0, 0.1) is 0 Å². The first-order valence-corrected chi connectivity index (χ1v) is 20.9. The largest absolute Gasteiger partial charge is 0.416 e. The van der Waals surface area contributed by atoms with E-state index in [1.807, 2.05) is 0 Å². The van der Waals surface area contributed by atoms with Crippen molar-refractivity contribution in [1.82, 2.24) is 0 Å². The number of rotatable bonds is 6. The molecule has 0 aromatic heterocycles. The van der Waals surface area contributed by atoms with E-state index in [4.69, 9.17) is 0 Å². The summed E-state index contributed by atoms with van der Waals surface area (Å²) in [6, 6.07) is 27.7. The number of hydrogen-bond acceptors (Lipinski definition) is 0. The fourth-order valence-electron chi connectivity index (χ4n) is 6.83. The van der Waals surface area contributed by atoms with Crippen molar-refractivity contribution >= 4 is 63.7 Å². The van der Waals surface area contributed by atoms with Crippen molar-refractivity contribution in [1.29, 1.82) is 0 Å². The summed E-state index contributed by atoms with van der Waals surface area (Å²) >= 11 is 14.5. The molecule has 16 heteroatoms. The molecule has 0 nitrogen and oxygen atoms in total. The Balaban J connectivity index is 1.37. The maximum absolute atomic E-state index is 13.5. The van der Waals surface area contributed by atoms with Crippen LogP contribution in [0.1, 0.15) is 22.3 Å². The third-order valence-corrected chi connectivity index (χ3v) is 12.6. The van der Waals surface area contributed by atoms with E-state index in [1.54, 1.807) is 36.4 Å². The molecule has 0 unspecified atom stereocenters. The molecule has 0 amide bonds. The smallest absolute Gasteiger partial charge is 0.166 e. The van der Waals surface area contributed by atoms with Crippen LogP contribution in [0.3, 0.4) is 0 Å². The lowest BCUT2D eigenvalue weighted by Crippen LogP contribution is -2.04. The Kier molecular flexibility index (Phi) is 12.5. The topological polar surface area (TPSA) is 0 Å². The minimum atomic E-state index is -4.62. The van der Waals surface area contributed by atoms with E-state index in [1.165, 1.54) is 48.5 Å². The molecule has 0 bridgehead atoms. The third-order valence-electron chi connectivity index (χ3n) is 9.94. The summed E-state index contributed by atoms with van der Waals surface area (Å²) in [4.78, 5) is 0. The second-order valence-electron chi connectivity index (χ2n) is 13.9. The lowest BCUT2D eigenvalue weighted by molar-refractivity contribution is -0.138. The summed E-state index contributed by atoms with van der Waals surface area (Å²) in [5.74, 6) is 0. The lowest BCUT2D eigenvalue weighted by atomic mass is 9.89. The van der Waals surface area contributed by atoms with E-state index in [9.17, 15) is 52.7 Å². The minimum absolute atomic E-state index is 0.348. The van der Waals surface area contributed by atoms with E-state index in [2.05, 4.69) is 63.7 Å². The number of hydrogen-bond donors (Lipinski definition) is 0. The van der Waals surface area contributed by atoms with Gasteiger partial charge in [-0.2, -0.15) is 52.7 Å². The average Bonchev–Trinajstić information content (AvgIpc) is 3.20. The van der Waals surface area contributed by atoms with E-state index < -0.39 is 47.0 Å². The molecular formula is C46H22Br4F12. The highest BCUT2D eigenvalue weighted by Crippen LogP contribution is 2.48. The van der Waals surface area contributed by atoms with E-state index in [-0.39, 0.29) is 0 Å². The summed E-state index contributed by atoms with van der Waals surface area (Å²) in [5, 5.41) is 0. The van der Waals surface area contributed by atoms with Crippen LogP contribution in [0.25, 0.3) is 66.8 Å². The van der Waals surface area contributed by atoms with Gasteiger partial charge >= 0.3 is 24.7 Å². The zero-order valence-corrected chi connectivity index (χ0v) is 37.1. The van der Waals surface area contributed by atoms with Crippen molar-refractivity contribution in [3.8, 4) is 66.8 Å². The van der Waals surface area contributed by atoms with Gasteiger partial charge in [-0.3, -0.25) is 0 Å². The van der Waals surface area contributed by atoms with Gasteiger partial charge in [-0.15, -0.1) is 0 Å². The fourth-order valence-corrected chi connectivity index (χ4v) is 9.06. The van der Waals surface area contributed by atoms with Gasteiger partial charge in [-0.05, 0) is 152 Å². The molecular weight excluding hydrogens is 1100 g/mol. The van der Waals surface area contributed by atoms with Crippen molar-refractivity contribution in [3.05, 3.63) is 174 Å². The Morgan fingerprint density at radius 3 is 0.581 bits per heavy atom. The summed E-state index contributed by atoms with van der Waals surface area (Å²) in [5.41, 5.74) is 1.77. The molecule has 0 aliphatic carbocycles. The van der Waals surface area contributed by atoms with Gasteiger partial charge in [0.1, 0.15) is 0 Å². The van der Waals surface area contributed by atoms with Crippen LogP contribution in [-0.4, -0.2) is 0 Å². The van der Waals surface area contributed by atoms with Crippen LogP contribution < -0.4 is 0 Å². The molecule has 0 N–H and O–H groups in total. The van der Waals surface area contributed by atoms with Crippen LogP contribution in [0.2, 0.25) is 0 Å². The van der Waals surface area contributed by atoms with Gasteiger partial charge in [0.25, 0.3) is 0 Å². The molecule has 0 aliphatic heterocycles. The second kappa shape index (κ2) is 17.0. The molecule has 318 valence electrons. The third kappa shape index (κ3) is 9.58. The van der Waals surface area contributed by atoms with Gasteiger partial charge in [0.05, 0.1) is 22.3 Å². The van der Waals surface area contributed by atoms with E-state index in [0.29, 0.717) is 84.7 Å². The standard InChI is InChI=1S/C46H22Br4F12/c47-39-19-33(25-5-13-29(14-6-25)45(57,58)59)31(23-1-9-27(10-2-23)43(51,52)53)17-35(39)37-21-42(50)38(22-41(37)49)36-18-32(24-3-11-28(12-4-24)44(54,55)56)34(20-40(36)48)26-7-15-30(16-8-26)46(60,61)62/h1-22H. The zero-order chi connectivity index (χ0) is 45.1. The summed E-state index contributed by atoms with van der Waals surface area (Å²) in [6.45, 7) is 0. The number of benzene rings is 7. The first kappa shape index (κ1) is 45.6. The van der Waals surface area contributed by atoms with Crippen molar-refractivity contribution in [2.24, 2.45) is 0 Å². The van der Waals surface area contributed by atoms with Crippen LogP contribution >= 0.6 is 63.7 Å². The highest BCUT2D eigenvalue weighted by atomic mass is 79.9. The first-order chi connectivity index (χ1) is 28.9. The zero-order valence-electron chi connectivity index (χ0n) is 30.7.